The molecule has 0 radical (unpaired) electrons. The molecular weight excluding hydrogens is 226 g/mol. The van der Waals surface area contributed by atoms with Crippen molar-refractivity contribution in [3.05, 3.63) is 29.3 Å². The van der Waals surface area contributed by atoms with Crippen LogP contribution in [0.2, 0.25) is 0 Å². The van der Waals surface area contributed by atoms with Gasteiger partial charge < -0.3 is 10.7 Å². The molecule has 0 saturated heterocycles. The highest BCUT2D eigenvalue weighted by molar-refractivity contribution is 6.00. The van der Waals surface area contributed by atoms with E-state index < -0.39 is 0 Å². The number of nitrogens with two attached hydrogens (primary N) is 1. The third-order valence-corrected chi connectivity index (χ3v) is 2.90. The normalized spacial score (nSPS) is 11.2. The van der Waals surface area contributed by atoms with Crippen molar-refractivity contribution >= 4 is 11.6 Å². The van der Waals surface area contributed by atoms with Gasteiger partial charge in [0.2, 0.25) is 0 Å². The van der Waals surface area contributed by atoms with Crippen LogP contribution in [0.5, 0.6) is 0 Å². The molecule has 0 aliphatic heterocycles. The van der Waals surface area contributed by atoms with Crippen LogP contribution >= 0.6 is 0 Å². The fraction of sp³-hybridized carbons (Fsp3) is 0.500. The van der Waals surface area contributed by atoms with Crippen molar-refractivity contribution < 1.29 is 4.79 Å². The largest absolute Gasteiger partial charge is 0.347 e. The number of nitrogens with one attached hydrogen (secondary N) is 2. The maximum absolute atomic E-state index is 12.2. The zero-order valence-corrected chi connectivity index (χ0v) is 11.6. The summed E-state index contributed by atoms with van der Waals surface area (Å²) < 4.78 is 0. The first-order valence-corrected chi connectivity index (χ1v) is 6.29. The van der Waals surface area contributed by atoms with E-state index in [1.807, 2.05) is 32.9 Å². The summed E-state index contributed by atoms with van der Waals surface area (Å²) in [6.45, 7) is 8.12. The van der Waals surface area contributed by atoms with Crippen LogP contribution in [0.4, 0.5) is 5.69 Å². The molecule has 0 heterocycles. The molecule has 0 aliphatic carbocycles. The minimum Gasteiger partial charge on any atom is -0.347 e. The fourth-order valence-electron chi connectivity index (χ4n) is 2.04. The van der Waals surface area contributed by atoms with E-state index in [0.717, 1.165) is 18.4 Å². The molecule has 1 rings (SSSR count). The van der Waals surface area contributed by atoms with E-state index in [1.54, 1.807) is 6.07 Å². The number of amides is 1. The molecule has 1 aromatic carbocycles. The third-order valence-electron chi connectivity index (χ3n) is 2.90. The summed E-state index contributed by atoms with van der Waals surface area (Å²) >= 11 is 0. The second-order valence-electron chi connectivity index (χ2n) is 5.28. The van der Waals surface area contributed by atoms with Crippen LogP contribution in [0, 0.1) is 6.92 Å². The van der Waals surface area contributed by atoms with Crippen molar-refractivity contribution in [1.82, 2.24) is 5.32 Å². The number of rotatable bonds is 5. The molecule has 0 spiro atoms. The zero-order chi connectivity index (χ0) is 13.8. The Morgan fingerprint density at radius 3 is 2.61 bits per heavy atom. The van der Waals surface area contributed by atoms with Gasteiger partial charge in [-0.25, -0.2) is 0 Å². The van der Waals surface area contributed by atoms with E-state index in [1.165, 1.54) is 0 Å². The van der Waals surface area contributed by atoms with Gasteiger partial charge in [0.15, 0.2) is 0 Å². The van der Waals surface area contributed by atoms with Crippen LogP contribution < -0.4 is 16.6 Å². The number of benzene rings is 1. The number of anilines is 1. The number of carbonyl (C=O) groups is 1. The van der Waals surface area contributed by atoms with E-state index >= 15 is 0 Å². The Kier molecular flexibility index (Phi) is 4.73. The zero-order valence-electron chi connectivity index (χ0n) is 11.6. The number of hydrogen-bond acceptors (Lipinski definition) is 3. The van der Waals surface area contributed by atoms with Gasteiger partial charge in [0.1, 0.15) is 0 Å². The maximum atomic E-state index is 12.2. The summed E-state index contributed by atoms with van der Waals surface area (Å²) in [6.07, 6.45) is 1.97. The molecule has 4 nitrogen and oxygen atoms in total. The third kappa shape index (κ3) is 3.74. The molecule has 1 aromatic rings. The SMILES string of the molecule is CCCC(C)(C)NC(=O)c1ccc(C)cc1NN. The van der Waals surface area contributed by atoms with Crippen LogP contribution in [0.15, 0.2) is 18.2 Å². The molecule has 4 heteroatoms. The molecule has 0 unspecified atom stereocenters. The number of aryl methyl sites for hydroxylation is 1. The van der Waals surface area contributed by atoms with E-state index in [-0.39, 0.29) is 11.4 Å². The summed E-state index contributed by atoms with van der Waals surface area (Å²) in [4.78, 5) is 12.2. The molecule has 100 valence electrons. The summed E-state index contributed by atoms with van der Waals surface area (Å²) in [5.74, 6) is 5.35. The Morgan fingerprint density at radius 2 is 2.06 bits per heavy atom. The lowest BCUT2D eigenvalue weighted by molar-refractivity contribution is 0.0910. The van der Waals surface area contributed by atoms with Crippen molar-refractivity contribution in [1.29, 1.82) is 0 Å². The standard InChI is InChI=1S/C14H23N3O/c1-5-8-14(3,4)16-13(18)11-7-6-10(2)9-12(11)17-15/h6-7,9,17H,5,8,15H2,1-4H3,(H,16,18). The van der Waals surface area contributed by atoms with E-state index in [2.05, 4.69) is 17.7 Å². The predicted octanol–water partition coefficient (Wildman–Crippen LogP) is 2.59. The first kappa shape index (κ1) is 14.5. The monoisotopic (exact) mass is 249 g/mol. The van der Waals surface area contributed by atoms with Gasteiger partial charge in [-0.05, 0) is 44.9 Å². The number of nitrogen functional groups attached to an aromatic ring is 1. The van der Waals surface area contributed by atoms with Gasteiger partial charge in [-0.3, -0.25) is 10.6 Å². The van der Waals surface area contributed by atoms with Gasteiger partial charge in [-0.15, -0.1) is 0 Å². The van der Waals surface area contributed by atoms with Crippen LogP contribution in [-0.4, -0.2) is 11.4 Å². The van der Waals surface area contributed by atoms with Gasteiger partial charge in [0.05, 0.1) is 11.3 Å². The topological polar surface area (TPSA) is 67.2 Å². The smallest absolute Gasteiger partial charge is 0.253 e. The van der Waals surface area contributed by atoms with Crippen LogP contribution in [0.1, 0.15) is 49.5 Å². The van der Waals surface area contributed by atoms with Crippen molar-refractivity contribution in [3.63, 3.8) is 0 Å². The molecule has 4 N–H and O–H groups in total. The van der Waals surface area contributed by atoms with Crippen LogP contribution in [-0.2, 0) is 0 Å². The van der Waals surface area contributed by atoms with Gasteiger partial charge in [-0.1, -0.05) is 19.4 Å². The number of hydrazine groups is 1. The average Bonchev–Trinajstić information content (AvgIpc) is 2.27. The summed E-state index contributed by atoms with van der Waals surface area (Å²) in [5.41, 5.74) is 4.66. The van der Waals surface area contributed by atoms with Crippen molar-refractivity contribution in [2.24, 2.45) is 5.84 Å². The van der Waals surface area contributed by atoms with E-state index in [0.29, 0.717) is 11.3 Å². The molecule has 18 heavy (non-hydrogen) atoms. The minimum absolute atomic E-state index is 0.0959. The first-order chi connectivity index (χ1) is 8.39. The first-order valence-electron chi connectivity index (χ1n) is 6.29. The van der Waals surface area contributed by atoms with E-state index in [9.17, 15) is 4.79 Å². The molecule has 0 saturated carbocycles. The van der Waals surface area contributed by atoms with Gasteiger partial charge in [0, 0.05) is 5.54 Å². The van der Waals surface area contributed by atoms with Crippen molar-refractivity contribution in [3.8, 4) is 0 Å². The van der Waals surface area contributed by atoms with Crippen molar-refractivity contribution in [2.75, 3.05) is 5.43 Å². The number of hydrogen-bond donors (Lipinski definition) is 3. The molecule has 0 fully saturated rings. The Balaban J connectivity index is 2.91. The molecule has 0 bridgehead atoms. The lowest BCUT2D eigenvalue weighted by Gasteiger charge is -2.26. The average molecular weight is 249 g/mol. The van der Waals surface area contributed by atoms with E-state index in [4.69, 9.17) is 5.84 Å². The highest BCUT2D eigenvalue weighted by Crippen LogP contribution is 2.18. The Morgan fingerprint density at radius 1 is 1.39 bits per heavy atom. The predicted molar refractivity (Wildman–Crippen MR) is 75.4 cm³/mol. The molecule has 0 atom stereocenters. The number of carbonyl (C=O) groups excluding carboxylic acids is 1. The summed E-state index contributed by atoms with van der Waals surface area (Å²) in [5, 5.41) is 3.03. The Hall–Kier alpha value is -1.55. The fourth-order valence-corrected chi connectivity index (χ4v) is 2.04. The molecular formula is C14H23N3O. The quantitative estimate of drug-likeness (QED) is 0.555. The second kappa shape index (κ2) is 5.87. The van der Waals surface area contributed by atoms with Crippen molar-refractivity contribution in [2.45, 2.75) is 46.1 Å². The second-order valence-corrected chi connectivity index (χ2v) is 5.28. The Bertz CT molecular complexity index is 427. The molecule has 0 aromatic heterocycles. The molecule has 1 amide bonds. The lowest BCUT2D eigenvalue weighted by atomic mass is 9.98. The van der Waals surface area contributed by atoms with Gasteiger partial charge >= 0.3 is 0 Å². The Labute approximate surface area is 109 Å². The minimum atomic E-state index is -0.206. The highest BCUT2D eigenvalue weighted by atomic mass is 16.1. The highest BCUT2D eigenvalue weighted by Gasteiger charge is 2.21. The maximum Gasteiger partial charge on any atom is 0.253 e. The lowest BCUT2D eigenvalue weighted by Crippen LogP contribution is -2.43. The van der Waals surface area contributed by atoms with Gasteiger partial charge in [-0.2, -0.15) is 0 Å². The molecule has 0 aliphatic rings. The summed E-state index contributed by atoms with van der Waals surface area (Å²) in [7, 11) is 0. The summed E-state index contributed by atoms with van der Waals surface area (Å²) in [6, 6.07) is 5.56. The van der Waals surface area contributed by atoms with Gasteiger partial charge in [0.25, 0.3) is 5.91 Å². The van der Waals surface area contributed by atoms with Crippen LogP contribution in [0.3, 0.4) is 0 Å². The van der Waals surface area contributed by atoms with Crippen LogP contribution in [0.25, 0.3) is 0 Å².